The van der Waals surface area contributed by atoms with E-state index in [-0.39, 0.29) is 5.91 Å². The fourth-order valence-corrected chi connectivity index (χ4v) is 3.27. The number of carbonyl (C=O) groups excluding carboxylic acids is 1. The minimum absolute atomic E-state index is 0.0188. The zero-order valence-electron chi connectivity index (χ0n) is 14.7. The largest absolute Gasteiger partial charge is 0.497 e. The van der Waals surface area contributed by atoms with Gasteiger partial charge in [-0.25, -0.2) is 0 Å². The molecule has 0 aromatic heterocycles. The molecule has 1 fully saturated rings. The number of nitrogens with zero attached hydrogens (tertiary/aromatic N) is 1. The maximum atomic E-state index is 12.4. The van der Waals surface area contributed by atoms with E-state index in [2.05, 4.69) is 24.1 Å². The number of carbonyl (C=O) groups is 1. The number of hydrogen-bond acceptors (Lipinski definition) is 3. The number of methoxy groups -OCH3 is 1. The van der Waals surface area contributed by atoms with Gasteiger partial charge in [-0.2, -0.15) is 0 Å². The highest BCUT2D eigenvalue weighted by molar-refractivity contribution is 5.94. The van der Waals surface area contributed by atoms with Gasteiger partial charge in [0.1, 0.15) is 5.75 Å². The molecule has 1 aromatic carbocycles. The van der Waals surface area contributed by atoms with Crippen LogP contribution >= 0.6 is 0 Å². The molecule has 1 aliphatic rings. The van der Waals surface area contributed by atoms with Gasteiger partial charge in [0.05, 0.1) is 7.11 Å². The van der Waals surface area contributed by atoms with Gasteiger partial charge < -0.3 is 10.1 Å². The van der Waals surface area contributed by atoms with E-state index in [1.807, 2.05) is 18.2 Å². The molecule has 0 spiro atoms. The molecule has 1 aliphatic heterocycles. The van der Waals surface area contributed by atoms with Crippen LogP contribution in [0.25, 0.3) is 0 Å². The van der Waals surface area contributed by atoms with Gasteiger partial charge in [0.15, 0.2) is 0 Å². The van der Waals surface area contributed by atoms with Crippen LogP contribution in [0.15, 0.2) is 24.3 Å². The Balaban J connectivity index is 1.94. The van der Waals surface area contributed by atoms with Gasteiger partial charge in [0.2, 0.25) is 0 Å². The highest BCUT2D eigenvalue weighted by Crippen LogP contribution is 2.18. The molecule has 1 N–H and O–H groups in total. The van der Waals surface area contributed by atoms with E-state index >= 15 is 0 Å². The summed E-state index contributed by atoms with van der Waals surface area (Å²) in [5.74, 6) is 1.33. The monoisotopic (exact) mass is 318 g/mol. The molecule has 1 aromatic rings. The zero-order chi connectivity index (χ0) is 16.7. The number of piperidine rings is 1. The fourth-order valence-electron chi connectivity index (χ4n) is 3.27. The molecule has 1 amide bonds. The van der Waals surface area contributed by atoms with Crippen LogP contribution < -0.4 is 10.1 Å². The average Bonchev–Trinajstić information content (AvgIpc) is 2.58. The SMILES string of the molecule is COc1cccc(C(=O)NCC(CC(C)C)N2CCCCC2)c1. The molecule has 0 radical (unpaired) electrons. The van der Waals surface area contributed by atoms with Crippen LogP contribution in [0, 0.1) is 5.92 Å². The second kappa shape index (κ2) is 8.92. The fraction of sp³-hybridized carbons (Fsp3) is 0.632. The van der Waals surface area contributed by atoms with E-state index in [1.54, 1.807) is 13.2 Å². The van der Waals surface area contributed by atoms with Crippen LogP contribution in [-0.4, -0.2) is 43.6 Å². The van der Waals surface area contributed by atoms with Crippen molar-refractivity contribution in [2.75, 3.05) is 26.7 Å². The molecule has 23 heavy (non-hydrogen) atoms. The van der Waals surface area contributed by atoms with E-state index in [9.17, 15) is 4.79 Å². The molecular weight excluding hydrogens is 288 g/mol. The summed E-state index contributed by atoms with van der Waals surface area (Å²) in [6.07, 6.45) is 5.01. The van der Waals surface area contributed by atoms with Gasteiger partial charge in [-0.05, 0) is 56.5 Å². The van der Waals surface area contributed by atoms with Crippen molar-refractivity contribution in [2.45, 2.75) is 45.6 Å². The number of likely N-dealkylation sites (tertiary alicyclic amines) is 1. The van der Waals surface area contributed by atoms with Crippen LogP contribution in [0.3, 0.4) is 0 Å². The Labute approximate surface area is 140 Å². The van der Waals surface area contributed by atoms with E-state index in [4.69, 9.17) is 4.74 Å². The van der Waals surface area contributed by atoms with E-state index in [0.717, 1.165) is 19.5 Å². The first-order valence-electron chi connectivity index (χ1n) is 8.76. The predicted octanol–water partition coefficient (Wildman–Crippen LogP) is 3.33. The topological polar surface area (TPSA) is 41.6 Å². The summed E-state index contributed by atoms with van der Waals surface area (Å²) < 4.78 is 5.19. The number of benzene rings is 1. The molecule has 4 nitrogen and oxygen atoms in total. The second-order valence-electron chi connectivity index (χ2n) is 6.82. The molecule has 1 saturated heterocycles. The van der Waals surface area contributed by atoms with Gasteiger partial charge in [-0.15, -0.1) is 0 Å². The first kappa shape index (κ1) is 17.8. The lowest BCUT2D eigenvalue weighted by molar-refractivity contribution is 0.0913. The number of ether oxygens (including phenoxy) is 1. The first-order valence-corrected chi connectivity index (χ1v) is 8.76. The molecule has 4 heteroatoms. The van der Waals surface area contributed by atoms with Crippen molar-refractivity contribution in [3.63, 3.8) is 0 Å². The zero-order valence-corrected chi connectivity index (χ0v) is 14.7. The maximum absolute atomic E-state index is 12.4. The van der Waals surface area contributed by atoms with Gasteiger partial charge in [0, 0.05) is 18.2 Å². The van der Waals surface area contributed by atoms with Crippen molar-refractivity contribution in [2.24, 2.45) is 5.92 Å². The molecule has 1 atom stereocenters. The molecule has 0 bridgehead atoms. The van der Waals surface area contributed by atoms with Crippen LogP contribution in [0.2, 0.25) is 0 Å². The number of rotatable bonds is 7. The molecule has 128 valence electrons. The summed E-state index contributed by atoms with van der Waals surface area (Å²) in [7, 11) is 1.62. The van der Waals surface area contributed by atoms with Gasteiger partial charge in [-0.3, -0.25) is 9.69 Å². The maximum Gasteiger partial charge on any atom is 0.251 e. The number of nitrogens with one attached hydrogen (secondary N) is 1. The minimum atomic E-state index is -0.0188. The molecule has 0 saturated carbocycles. The lowest BCUT2D eigenvalue weighted by Gasteiger charge is -2.35. The number of hydrogen-bond donors (Lipinski definition) is 1. The Kier molecular flexibility index (Phi) is 6.90. The summed E-state index contributed by atoms with van der Waals surface area (Å²) in [5, 5.41) is 3.12. The Morgan fingerprint density at radius 3 is 2.65 bits per heavy atom. The predicted molar refractivity (Wildman–Crippen MR) is 94.0 cm³/mol. The second-order valence-corrected chi connectivity index (χ2v) is 6.82. The third-order valence-corrected chi connectivity index (χ3v) is 4.48. The van der Waals surface area contributed by atoms with E-state index in [1.165, 1.54) is 19.3 Å². The highest BCUT2D eigenvalue weighted by Gasteiger charge is 2.22. The summed E-state index contributed by atoms with van der Waals surface area (Å²) >= 11 is 0. The van der Waals surface area contributed by atoms with Crippen LogP contribution in [-0.2, 0) is 0 Å². The molecule has 2 rings (SSSR count). The molecule has 0 aliphatic carbocycles. The Morgan fingerprint density at radius 1 is 1.26 bits per heavy atom. The lowest BCUT2D eigenvalue weighted by atomic mass is 9.99. The smallest absolute Gasteiger partial charge is 0.251 e. The molecule has 1 unspecified atom stereocenters. The molecular formula is C19H30N2O2. The van der Waals surface area contributed by atoms with Crippen LogP contribution in [0.1, 0.15) is 49.9 Å². The summed E-state index contributed by atoms with van der Waals surface area (Å²) in [6, 6.07) is 7.75. The summed E-state index contributed by atoms with van der Waals surface area (Å²) in [4.78, 5) is 15.0. The normalized spacial score (nSPS) is 17.0. The van der Waals surface area contributed by atoms with Crippen molar-refractivity contribution in [3.05, 3.63) is 29.8 Å². The van der Waals surface area contributed by atoms with Crippen molar-refractivity contribution < 1.29 is 9.53 Å². The van der Waals surface area contributed by atoms with Crippen LogP contribution in [0.5, 0.6) is 5.75 Å². The quantitative estimate of drug-likeness (QED) is 0.838. The van der Waals surface area contributed by atoms with Gasteiger partial charge >= 0.3 is 0 Å². The van der Waals surface area contributed by atoms with Crippen LogP contribution in [0.4, 0.5) is 0 Å². The first-order chi connectivity index (χ1) is 11.1. The molecule has 1 heterocycles. The van der Waals surface area contributed by atoms with Crippen molar-refractivity contribution in [1.29, 1.82) is 0 Å². The van der Waals surface area contributed by atoms with Gasteiger partial charge in [0.25, 0.3) is 5.91 Å². The summed E-state index contributed by atoms with van der Waals surface area (Å²) in [5.41, 5.74) is 0.659. The van der Waals surface area contributed by atoms with Crippen molar-refractivity contribution >= 4 is 5.91 Å². The highest BCUT2D eigenvalue weighted by atomic mass is 16.5. The Bertz CT molecular complexity index is 496. The van der Waals surface area contributed by atoms with Gasteiger partial charge in [-0.1, -0.05) is 26.3 Å². The minimum Gasteiger partial charge on any atom is -0.497 e. The summed E-state index contributed by atoms with van der Waals surface area (Å²) in [6.45, 7) is 7.54. The van der Waals surface area contributed by atoms with E-state index < -0.39 is 0 Å². The Hall–Kier alpha value is -1.55. The Morgan fingerprint density at radius 2 is 2.00 bits per heavy atom. The lowest BCUT2D eigenvalue weighted by Crippen LogP contribution is -2.46. The third kappa shape index (κ3) is 5.54. The van der Waals surface area contributed by atoms with E-state index in [0.29, 0.717) is 29.8 Å². The van der Waals surface area contributed by atoms with Crippen molar-refractivity contribution in [3.8, 4) is 5.75 Å². The third-order valence-electron chi connectivity index (χ3n) is 4.48. The van der Waals surface area contributed by atoms with Crippen molar-refractivity contribution in [1.82, 2.24) is 10.2 Å². The standard InChI is InChI=1S/C19H30N2O2/c1-15(2)12-17(21-10-5-4-6-11-21)14-20-19(22)16-8-7-9-18(13-16)23-3/h7-9,13,15,17H,4-6,10-12,14H2,1-3H3,(H,20,22). The number of amides is 1. The average molecular weight is 318 g/mol.